The van der Waals surface area contributed by atoms with E-state index in [0.29, 0.717) is 0 Å². The number of methoxy groups -OCH3 is 1. The van der Waals surface area contributed by atoms with Crippen LogP contribution in [0.4, 0.5) is 0 Å². The van der Waals surface area contributed by atoms with Crippen molar-refractivity contribution < 1.29 is 4.74 Å². The summed E-state index contributed by atoms with van der Waals surface area (Å²) in [6, 6.07) is 18.9. The van der Waals surface area contributed by atoms with Crippen LogP contribution in [0.15, 0.2) is 85.6 Å². The topological polar surface area (TPSA) is 59.0 Å². The van der Waals surface area contributed by atoms with Gasteiger partial charge in [0.2, 0.25) is 0 Å². The van der Waals surface area contributed by atoms with E-state index in [2.05, 4.69) is 67.0 Å². The molecule has 1 N–H and O–H groups in total. The van der Waals surface area contributed by atoms with E-state index in [1.165, 1.54) is 27.9 Å². The highest BCUT2D eigenvalue weighted by Crippen LogP contribution is 2.39. The Balaban J connectivity index is 1.43. The summed E-state index contributed by atoms with van der Waals surface area (Å²) in [6.07, 6.45) is 10.6. The smallest absolute Gasteiger partial charge is 0.119 e. The third kappa shape index (κ3) is 3.49. The van der Waals surface area contributed by atoms with Gasteiger partial charge in [-0.1, -0.05) is 6.07 Å². The van der Waals surface area contributed by atoms with Crippen molar-refractivity contribution in [1.29, 1.82) is 0 Å². The van der Waals surface area contributed by atoms with Crippen molar-refractivity contribution in [2.45, 2.75) is 19.0 Å². The number of hydrogen-bond acceptors (Lipinski definition) is 4. The maximum Gasteiger partial charge on any atom is 0.119 e. The van der Waals surface area contributed by atoms with E-state index in [1.807, 2.05) is 43.0 Å². The molecule has 5 heterocycles. The molecule has 0 saturated heterocycles. The number of fused-ring (bicyclic) bond motifs is 3. The van der Waals surface area contributed by atoms with Gasteiger partial charge in [0.15, 0.2) is 0 Å². The number of ether oxygens (including phenoxy) is 1. The molecule has 6 heteroatoms. The molecule has 6 rings (SSSR count). The van der Waals surface area contributed by atoms with Gasteiger partial charge >= 0.3 is 0 Å². The summed E-state index contributed by atoms with van der Waals surface area (Å²) in [5.74, 6) is 0.888. The van der Waals surface area contributed by atoms with Crippen molar-refractivity contribution in [2.75, 3.05) is 13.7 Å². The zero-order valence-corrected chi connectivity index (χ0v) is 18.5. The molecule has 4 aromatic heterocycles. The first kappa shape index (κ1) is 19.8. The van der Waals surface area contributed by atoms with Crippen LogP contribution in [0.1, 0.15) is 28.6 Å². The van der Waals surface area contributed by atoms with Crippen molar-refractivity contribution in [3.05, 3.63) is 108 Å². The fourth-order valence-corrected chi connectivity index (χ4v) is 5.03. The molecule has 5 aromatic rings. The molecule has 1 aromatic carbocycles. The van der Waals surface area contributed by atoms with E-state index in [0.717, 1.165) is 36.5 Å². The number of benzene rings is 1. The van der Waals surface area contributed by atoms with Crippen LogP contribution in [0.25, 0.3) is 16.6 Å². The lowest BCUT2D eigenvalue weighted by molar-refractivity contribution is 0.198. The molecule has 0 bridgehead atoms. The van der Waals surface area contributed by atoms with Gasteiger partial charge < -0.3 is 14.3 Å². The van der Waals surface area contributed by atoms with Crippen LogP contribution in [-0.2, 0) is 13.0 Å². The number of aromatic amines is 1. The standard InChI is InChI=1S/C27H25N5O/c1-33-22-8-9-25-24(15-22)23-10-14-31(27(26(23)30-25)19-5-2-11-28-16-19)18-21-7-4-13-32(21)20-6-3-12-29-17-20/h2-9,11-13,15-17,27,30H,10,14,18H2,1H3/t27-/m1/s1. The normalized spacial score (nSPS) is 16.1. The minimum absolute atomic E-state index is 0.0955. The molecule has 0 radical (unpaired) electrons. The SMILES string of the molecule is COc1ccc2[nH]c3c(c2c1)CCN(Cc1cccn1-c1cccnc1)[C@@H]3c1cccnc1. The molecule has 1 aliphatic rings. The van der Waals surface area contributed by atoms with E-state index in [1.54, 1.807) is 7.11 Å². The fourth-order valence-electron chi connectivity index (χ4n) is 5.03. The number of pyridine rings is 2. The minimum atomic E-state index is 0.0955. The number of rotatable bonds is 5. The summed E-state index contributed by atoms with van der Waals surface area (Å²) in [7, 11) is 1.72. The second kappa shape index (κ2) is 8.22. The van der Waals surface area contributed by atoms with Gasteiger partial charge in [-0.3, -0.25) is 14.9 Å². The summed E-state index contributed by atoms with van der Waals surface area (Å²) in [6.45, 7) is 1.77. The quantitative estimate of drug-likeness (QED) is 0.426. The predicted octanol–water partition coefficient (Wildman–Crippen LogP) is 4.90. The Kier molecular flexibility index (Phi) is 4.92. The van der Waals surface area contributed by atoms with Gasteiger partial charge in [-0.2, -0.15) is 0 Å². The van der Waals surface area contributed by atoms with Gasteiger partial charge in [-0.05, 0) is 66.1 Å². The molecule has 0 fully saturated rings. The Morgan fingerprint density at radius 3 is 2.70 bits per heavy atom. The Labute approximate surface area is 192 Å². The molecule has 6 nitrogen and oxygen atoms in total. The highest BCUT2D eigenvalue weighted by atomic mass is 16.5. The first-order chi connectivity index (χ1) is 16.3. The van der Waals surface area contributed by atoms with Gasteiger partial charge in [0.05, 0.1) is 25.0 Å². The van der Waals surface area contributed by atoms with Gasteiger partial charge in [0.25, 0.3) is 0 Å². The third-order valence-electron chi connectivity index (χ3n) is 6.56. The van der Waals surface area contributed by atoms with Crippen LogP contribution < -0.4 is 4.74 Å². The van der Waals surface area contributed by atoms with E-state index < -0.39 is 0 Å². The van der Waals surface area contributed by atoms with E-state index in [-0.39, 0.29) is 6.04 Å². The lowest BCUT2D eigenvalue weighted by Gasteiger charge is -2.36. The summed E-state index contributed by atoms with van der Waals surface area (Å²) in [5.41, 5.74) is 7.27. The third-order valence-corrected chi connectivity index (χ3v) is 6.56. The van der Waals surface area contributed by atoms with Crippen molar-refractivity contribution in [2.24, 2.45) is 0 Å². The summed E-state index contributed by atoms with van der Waals surface area (Å²) in [5, 5.41) is 1.25. The lowest BCUT2D eigenvalue weighted by atomic mass is 9.93. The van der Waals surface area contributed by atoms with Crippen molar-refractivity contribution in [3.8, 4) is 11.4 Å². The second-order valence-corrected chi connectivity index (χ2v) is 8.42. The molecule has 0 saturated carbocycles. The monoisotopic (exact) mass is 435 g/mol. The Morgan fingerprint density at radius 1 is 1.03 bits per heavy atom. The second-order valence-electron chi connectivity index (χ2n) is 8.42. The highest BCUT2D eigenvalue weighted by Gasteiger charge is 2.32. The largest absolute Gasteiger partial charge is 0.497 e. The molecule has 1 aliphatic heterocycles. The van der Waals surface area contributed by atoms with Crippen LogP contribution in [0.2, 0.25) is 0 Å². The number of aromatic nitrogens is 4. The van der Waals surface area contributed by atoms with E-state index in [4.69, 9.17) is 4.74 Å². The van der Waals surface area contributed by atoms with E-state index >= 15 is 0 Å². The zero-order chi connectivity index (χ0) is 22.2. The number of H-pyrrole nitrogens is 1. The Bertz CT molecular complexity index is 1390. The van der Waals surface area contributed by atoms with Gasteiger partial charge in [-0.15, -0.1) is 0 Å². The molecule has 1 atom stereocenters. The minimum Gasteiger partial charge on any atom is -0.497 e. The molecule has 0 aliphatic carbocycles. The summed E-state index contributed by atoms with van der Waals surface area (Å²) >= 11 is 0. The lowest BCUT2D eigenvalue weighted by Crippen LogP contribution is -2.36. The molecule has 0 spiro atoms. The van der Waals surface area contributed by atoms with Crippen LogP contribution in [-0.4, -0.2) is 38.1 Å². The molecule has 164 valence electrons. The maximum absolute atomic E-state index is 5.50. The molecule has 33 heavy (non-hydrogen) atoms. The zero-order valence-electron chi connectivity index (χ0n) is 18.5. The van der Waals surface area contributed by atoms with Gasteiger partial charge in [-0.25, -0.2) is 0 Å². The number of nitrogens with zero attached hydrogens (tertiary/aromatic N) is 4. The van der Waals surface area contributed by atoms with Gasteiger partial charge in [0, 0.05) is 60.2 Å². The average molecular weight is 436 g/mol. The first-order valence-electron chi connectivity index (χ1n) is 11.2. The predicted molar refractivity (Wildman–Crippen MR) is 129 cm³/mol. The maximum atomic E-state index is 5.50. The molecular weight excluding hydrogens is 410 g/mol. The van der Waals surface area contributed by atoms with Crippen LogP contribution >= 0.6 is 0 Å². The average Bonchev–Trinajstić information content (AvgIpc) is 3.49. The highest BCUT2D eigenvalue weighted by molar-refractivity contribution is 5.86. The molecule has 0 unspecified atom stereocenters. The van der Waals surface area contributed by atoms with Crippen molar-refractivity contribution in [3.63, 3.8) is 0 Å². The van der Waals surface area contributed by atoms with Gasteiger partial charge in [0.1, 0.15) is 5.75 Å². The summed E-state index contributed by atoms with van der Waals surface area (Å²) < 4.78 is 7.72. The molecule has 0 amide bonds. The summed E-state index contributed by atoms with van der Waals surface area (Å²) in [4.78, 5) is 15.0. The number of hydrogen-bond donors (Lipinski definition) is 1. The Hall–Kier alpha value is -3.90. The van der Waals surface area contributed by atoms with Crippen LogP contribution in [0, 0.1) is 0 Å². The molecular formula is C27H25N5O. The van der Waals surface area contributed by atoms with Crippen LogP contribution in [0.3, 0.4) is 0 Å². The number of nitrogens with one attached hydrogen (secondary N) is 1. The first-order valence-corrected chi connectivity index (χ1v) is 11.2. The fraction of sp³-hybridized carbons (Fsp3) is 0.185. The van der Waals surface area contributed by atoms with E-state index in [9.17, 15) is 0 Å². The van der Waals surface area contributed by atoms with Crippen molar-refractivity contribution >= 4 is 10.9 Å². The van der Waals surface area contributed by atoms with Crippen molar-refractivity contribution in [1.82, 2.24) is 24.4 Å². The van der Waals surface area contributed by atoms with Crippen LogP contribution in [0.5, 0.6) is 5.75 Å². The Morgan fingerprint density at radius 2 is 1.91 bits per heavy atom.